The van der Waals surface area contributed by atoms with Gasteiger partial charge in [-0.1, -0.05) is 48.5 Å². The molecule has 2 aromatic carbocycles. The molecule has 1 saturated heterocycles. The minimum atomic E-state index is -1.65. The van der Waals surface area contributed by atoms with E-state index in [9.17, 15) is 38.4 Å². The van der Waals surface area contributed by atoms with E-state index in [0.717, 1.165) is 57.1 Å². The van der Waals surface area contributed by atoms with Gasteiger partial charge in [0.05, 0.1) is 13.5 Å². The molecule has 1 fully saturated rings. The zero-order valence-corrected chi connectivity index (χ0v) is 30.1. The number of ether oxygens (including phenoxy) is 7. The standard InChI is InChI=1S/C36H41N3O15/c1-18(40)49-17-28-31(51-19(2)41)32(52-20(3)42)33(53-21(4)43)35(54-28)39-29(44)14-27(34(46)37-15-30(45)48-5)38-36(47)50-16-26-24-12-8-6-10-22(24)23-11-7-9-13-25(23)26/h6-13,26-28,31-33,35H,14-17H2,1-5H3,(H,37,46)(H,38,47)(H,39,44)/t27-,28+,31-,32-,33+,35-/m0/s1. The second-order valence-electron chi connectivity index (χ2n) is 12.2. The molecule has 0 spiro atoms. The predicted octanol–water partition coefficient (Wildman–Crippen LogP) is 0.772. The van der Waals surface area contributed by atoms with Crippen molar-refractivity contribution in [2.24, 2.45) is 0 Å². The van der Waals surface area contributed by atoms with E-state index in [0.29, 0.717) is 0 Å². The molecule has 2 aliphatic rings. The van der Waals surface area contributed by atoms with Gasteiger partial charge in [-0.25, -0.2) is 4.79 Å². The summed E-state index contributed by atoms with van der Waals surface area (Å²) in [4.78, 5) is 99.7. The van der Waals surface area contributed by atoms with Crippen LogP contribution in [-0.2, 0) is 66.7 Å². The minimum absolute atomic E-state index is 0.118. The van der Waals surface area contributed by atoms with Gasteiger partial charge < -0.3 is 49.1 Å². The molecule has 1 heterocycles. The summed E-state index contributed by atoms with van der Waals surface area (Å²) >= 11 is 0. The van der Waals surface area contributed by atoms with Gasteiger partial charge in [-0.15, -0.1) is 0 Å². The predicted molar refractivity (Wildman–Crippen MR) is 182 cm³/mol. The van der Waals surface area contributed by atoms with Crippen LogP contribution in [-0.4, -0.2) is 111 Å². The molecule has 0 radical (unpaired) electrons. The molecule has 0 bridgehead atoms. The maximum Gasteiger partial charge on any atom is 0.407 e. The fourth-order valence-corrected chi connectivity index (χ4v) is 6.09. The zero-order valence-electron chi connectivity index (χ0n) is 30.1. The fourth-order valence-electron chi connectivity index (χ4n) is 6.09. The highest BCUT2D eigenvalue weighted by Gasteiger charge is 2.52. The highest BCUT2D eigenvalue weighted by molar-refractivity contribution is 5.92. The van der Waals surface area contributed by atoms with Crippen LogP contribution in [0, 0.1) is 0 Å². The molecule has 4 rings (SSSR count). The van der Waals surface area contributed by atoms with Gasteiger partial charge >= 0.3 is 35.9 Å². The van der Waals surface area contributed by atoms with Crippen molar-refractivity contribution in [1.82, 2.24) is 16.0 Å². The Balaban J connectivity index is 1.54. The molecule has 6 atom stereocenters. The Bertz CT molecular complexity index is 1720. The second-order valence-corrected chi connectivity index (χ2v) is 12.2. The normalized spacial score (nSPS) is 20.4. The third-order valence-corrected chi connectivity index (χ3v) is 8.27. The minimum Gasteiger partial charge on any atom is -0.468 e. The lowest BCUT2D eigenvalue weighted by Gasteiger charge is -2.44. The lowest BCUT2D eigenvalue weighted by molar-refractivity contribution is -0.257. The molecule has 3 N–H and O–H groups in total. The van der Waals surface area contributed by atoms with Crippen molar-refractivity contribution in [2.75, 3.05) is 26.9 Å². The number of amides is 3. The number of benzene rings is 2. The SMILES string of the molecule is COC(=O)CNC(=O)[C@H](CC(=O)N[C@H]1O[C@H](COC(C)=O)[C@H](OC(C)=O)[C@H](OC(C)=O)[C@H]1OC(C)=O)NC(=O)OCC1c2ccccc2-c2ccccc21. The summed E-state index contributed by atoms with van der Waals surface area (Å²) in [7, 11) is 1.10. The largest absolute Gasteiger partial charge is 0.468 e. The smallest absolute Gasteiger partial charge is 0.407 e. The molecule has 54 heavy (non-hydrogen) atoms. The summed E-state index contributed by atoms with van der Waals surface area (Å²) in [5.41, 5.74) is 3.84. The van der Waals surface area contributed by atoms with E-state index in [-0.39, 0.29) is 12.5 Å². The number of carbonyl (C=O) groups excluding carboxylic acids is 8. The summed E-state index contributed by atoms with van der Waals surface area (Å²) in [5.74, 6) is -6.46. The molecule has 1 aliphatic carbocycles. The number of carbonyl (C=O) groups is 8. The Labute approximate surface area is 309 Å². The maximum atomic E-state index is 13.6. The van der Waals surface area contributed by atoms with Crippen LogP contribution in [0.1, 0.15) is 51.2 Å². The molecule has 18 nitrogen and oxygen atoms in total. The molecular formula is C36H41N3O15. The van der Waals surface area contributed by atoms with Crippen LogP contribution < -0.4 is 16.0 Å². The molecule has 0 aromatic heterocycles. The number of alkyl carbamates (subject to hydrolysis) is 1. The first-order valence-corrected chi connectivity index (χ1v) is 16.7. The van der Waals surface area contributed by atoms with Crippen LogP contribution in [0.25, 0.3) is 11.1 Å². The third kappa shape index (κ3) is 10.8. The monoisotopic (exact) mass is 755 g/mol. The molecule has 18 heteroatoms. The van der Waals surface area contributed by atoms with Crippen LogP contribution >= 0.6 is 0 Å². The molecule has 1 aliphatic heterocycles. The number of methoxy groups -OCH3 is 1. The van der Waals surface area contributed by atoms with E-state index in [1.54, 1.807) is 0 Å². The highest BCUT2D eigenvalue weighted by atomic mass is 16.7. The number of hydrogen-bond donors (Lipinski definition) is 3. The summed E-state index contributed by atoms with van der Waals surface area (Å²) in [6.45, 7) is 2.95. The number of esters is 5. The van der Waals surface area contributed by atoms with Crippen molar-refractivity contribution >= 4 is 47.8 Å². The van der Waals surface area contributed by atoms with Crippen molar-refractivity contribution in [1.29, 1.82) is 0 Å². The fraction of sp³-hybridized carbons (Fsp3) is 0.444. The van der Waals surface area contributed by atoms with Gasteiger partial charge in [0.1, 0.15) is 31.9 Å². The van der Waals surface area contributed by atoms with E-state index >= 15 is 0 Å². The lowest BCUT2D eigenvalue weighted by Crippen LogP contribution is -2.66. The summed E-state index contributed by atoms with van der Waals surface area (Å²) in [6.07, 6.45) is -9.54. The van der Waals surface area contributed by atoms with Gasteiger partial charge in [0, 0.05) is 33.6 Å². The van der Waals surface area contributed by atoms with Crippen molar-refractivity contribution in [2.45, 2.75) is 76.7 Å². The first-order chi connectivity index (χ1) is 25.7. The Morgan fingerprint density at radius 1 is 0.704 bits per heavy atom. The van der Waals surface area contributed by atoms with Crippen molar-refractivity contribution in [3.05, 3.63) is 59.7 Å². The third-order valence-electron chi connectivity index (χ3n) is 8.27. The quantitative estimate of drug-likeness (QED) is 0.178. The summed E-state index contributed by atoms with van der Waals surface area (Å²) in [5, 5.41) is 7.05. The number of rotatable bonds is 14. The van der Waals surface area contributed by atoms with Crippen LogP contribution in [0.4, 0.5) is 4.79 Å². The van der Waals surface area contributed by atoms with Gasteiger partial charge in [-0.05, 0) is 22.3 Å². The molecule has 2 aromatic rings. The molecular weight excluding hydrogens is 714 g/mol. The molecule has 290 valence electrons. The Morgan fingerprint density at radius 2 is 1.26 bits per heavy atom. The van der Waals surface area contributed by atoms with E-state index < -0.39 is 104 Å². The van der Waals surface area contributed by atoms with E-state index in [4.69, 9.17) is 28.4 Å². The van der Waals surface area contributed by atoms with Gasteiger partial charge in [0.15, 0.2) is 24.5 Å². The van der Waals surface area contributed by atoms with Crippen molar-refractivity contribution in [3.8, 4) is 11.1 Å². The first kappa shape index (κ1) is 40.7. The van der Waals surface area contributed by atoms with Gasteiger partial charge in [0.25, 0.3) is 0 Å². The topological polar surface area (TPSA) is 237 Å². The zero-order chi connectivity index (χ0) is 39.5. The van der Waals surface area contributed by atoms with E-state index in [1.165, 1.54) is 0 Å². The highest BCUT2D eigenvalue weighted by Crippen LogP contribution is 2.44. The van der Waals surface area contributed by atoms with Crippen LogP contribution in [0.2, 0.25) is 0 Å². The number of hydrogen-bond acceptors (Lipinski definition) is 15. The Hall–Kier alpha value is -6.04. The van der Waals surface area contributed by atoms with Gasteiger partial charge in [-0.3, -0.25) is 33.6 Å². The average molecular weight is 756 g/mol. The number of fused-ring (bicyclic) bond motifs is 3. The van der Waals surface area contributed by atoms with E-state index in [1.807, 2.05) is 48.5 Å². The van der Waals surface area contributed by atoms with Gasteiger partial charge in [0.2, 0.25) is 11.8 Å². The maximum absolute atomic E-state index is 13.6. The van der Waals surface area contributed by atoms with Crippen LogP contribution in [0.15, 0.2) is 48.5 Å². The molecule has 0 saturated carbocycles. The Kier molecular flexibility index (Phi) is 14.1. The number of nitrogens with one attached hydrogen (secondary N) is 3. The summed E-state index contributed by atoms with van der Waals surface area (Å²) in [6, 6.07) is 13.6. The molecule has 0 unspecified atom stereocenters. The average Bonchev–Trinajstić information content (AvgIpc) is 3.43. The van der Waals surface area contributed by atoms with Crippen molar-refractivity contribution < 1.29 is 71.5 Å². The van der Waals surface area contributed by atoms with Gasteiger partial charge in [-0.2, -0.15) is 0 Å². The Morgan fingerprint density at radius 3 is 1.81 bits per heavy atom. The van der Waals surface area contributed by atoms with Crippen molar-refractivity contribution in [3.63, 3.8) is 0 Å². The molecule has 3 amide bonds. The lowest BCUT2D eigenvalue weighted by atomic mass is 9.97. The van der Waals surface area contributed by atoms with E-state index in [2.05, 4.69) is 20.7 Å². The first-order valence-electron chi connectivity index (χ1n) is 16.7. The second kappa shape index (κ2) is 18.6. The summed E-state index contributed by atoms with van der Waals surface area (Å²) < 4.78 is 37.1. The van der Waals surface area contributed by atoms with Crippen LogP contribution in [0.3, 0.4) is 0 Å². The van der Waals surface area contributed by atoms with Crippen LogP contribution in [0.5, 0.6) is 0 Å².